The minimum atomic E-state index is 0.105. The van der Waals surface area contributed by atoms with E-state index in [0.717, 1.165) is 16.8 Å². The highest BCUT2D eigenvalue weighted by molar-refractivity contribution is 5.98. The van der Waals surface area contributed by atoms with Crippen LogP contribution in [-0.4, -0.2) is 12.3 Å². The van der Waals surface area contributed by atoms with E-state index in [1.807, 2.05) is 61.5 Å². The van der Waals surface area contributed by atoms with Crippen LogP contribution in [0.25, 0.3) is 0 Å². The Morgan fingerprint density at radius 3 is 2.35 bits per heavy atom. The molecular weight excluding hydrogens is 210 g/mol. The number of ketones is 1. The van der Waals surface area contributed by atoms with E-state index in [9.17, 15) is 4.79 Å². The minimum Gasteiger partial charge on any atom is -0.377 e. The highest BCUT2D eigenvalue weighted by atomic mass is 16.1. The normalized spacial score (nSPS) is 9.94. The lowest BCUT2D eigenvalue weighted by Gasteiger charge is -2.08. The first-order chi connectivity index (χ1) is 8.27. The van der Waals surface area contributed by atoms with Gasteiger partial charge in [0.1, 0.15) is 0 Å². The number of aryl methyl sites for hydroxylation is 1. The molecule has 2 nitrogen and oxygen atoms in total. The number of benzene rings is 2. The zero-order chi connectivity index (χ0) is 12.1. The standard InChI is InChI=1S/C15H15NO/c1-12-7-5-6-10-14(12)16-11-15(17)13-8-3-2-4-9-13/h2-10,16H,11H2,1H3. The fourth-order valence-corrected chi connectivity index (χ4v) is 1.67. The molecule has 0 atom stereocenters. The van der Waals surface area contributed by atoms with Gasteiger partial charge in [0.15, 0.2) is 5.78 Å². The lowest BCUT2D eigenvalue weighted by molar-refractivity contribution is 0.101. The highest BCUT2D eigenvalue weighted by Crippen LogP contribution is 2.13. The van der Waals surface area contributed by atoms with Gasteiger partial charge in [-0.15, -0.1) is 0 Å². The number of carbonyl (C=O) groups is 1. The molecule has 0 heterocycles. The third-order valence-corrected chi connectivity index (χ3v) is 2.68. The van der Waals surface area contributed by atoms with Gasteiger partial charge in [0.2, 0.25) is 0 Å². The molecule has 86 valence electrons. The smallest absolute Gasteiger partial charge is 0.181 e. The van der Waals surface area contributed by atoms with Crippen molar-refractivity contribution in [2.45, 2.75) is 6.92 Å². The summed E-state index contributed by atoms with van der Waals surface area (Å²) in [6, 6.07) is 17.3. The second kappa shape index (κ2) is 5.30. The topological polar surface area (TPSA) is 29.1 Å². The third-order valence-electron chi connectivity index (χ3n) is 2.68. The number of nitrogens with one attached hydrogen (secondary N) is 1. The molecule has 0 aliphatic carbocycles. The zero-order valence-corrected chi connectivity index (χ0v) is 9.81. The Morgan fingerprint density at radius 1 is 1.00 bits per heavy atom. The van der Waals surface area contributed by atoms with Crippen molar-refractivity contribution in [3.05, 3.63) is 65.7 Å². The average molecular weight is 225 g/mol. The fraction of sp³-hybridized carbons (Fsp3) is 0.133. The van der Waals surface area contributed by atoms with E-state index in [-0.39, 0.29) is 5.78 Å². The highest BCUT2D eigenvalue weighted by Gasteiger charge is 2.04. The molecule has 0 radical (unpaired) electrons. The van der Waals surface area contributed by atoms with Gasteiger partial charge in [-0.3, -0.25) is 4.79 Å². The number of anilines is 1. The molecule has 2 heteroatoms. The first kappa shape index (κ1) is 11.4. The molecule has 2 aromatic carbocycles. The molecule has 0 aromatic heterocycles. The molecule has 17 heavy (non-hydrogen) atoms. The third kappa shape index (κ3) is 2.94. The van der Waals surface area contributed by atoms with Crippen molar-refractivity contribution in [3.63, 3.8) is 0 Å². The summed E-state index contributed by atoms with van der Waals surface area (Å²) >= 11 is 0. The molecule has 2 rings (SSSR count). The Morgan fingerprint density at radius 2 is 1.65 bits per heavy atom. The number of rotatable bonds is 4. The van der Waals surface area contributed by atoms with Crippen molar-refractivity contribution in [1.82, 2.24) is 0 Å². The number of Topliss-reactive ketones (excluding diaryl/α,β-unsaturated/α-hetero) is 1. The zero-order valence-electron chi connectivity index (χ0n) is 9.81. The first-order valence-electron chi connectivity index (χ1n) is 5.65. The van der Waals surface area contributed by atoms with E-state index in [1.54, 1.807) is 0 Å². The van der Waals surface area contributed by atoms with Crippen LogP contribution in [0.5, 0.6) is 0 Å². The molecule has 2 aromatic rings. The lowest BCUT2D eigenvalue weighted by Crippen LogP contribution is -2.14. The number of hydrogen-bond donors (Lipinski definition) is 1. The monoisotopic (exact) mass is 225 g/mol. The average Bonchev–Trinajstić information content (AvgIpc) is 2.38. The molecule has 0 fully saturated rings. The quantitative estimate of drug-likeness (QED) is 0.809. The van der Waals surface area contributed by atoms with E-state index in [1.165, 1.54) is 0 Å². The summed E-state index contributed by atoms with van der Waals surface area (Å²) in [7, 11) is 0. The first-order valence-corrected chi connectivity index (χ1v) is 5.65. The Labute approximate surface area is 101 Å². The van der Waals surface area contributed by atoms with Crippen LogP contribution in [0, 0.1) is 6.92 Å². The predicted molar refractivity (Wildman–Crippen MR) is 70.4 cm³/mol. The molecule has 0 spiro atoms. The van der Waals surface area contributed by atoms with Crippen LogP contribution in [0.3, 0.4) is 0 Å². The molecule has 0 saturated carbocycles. The Hall–Kier alpha value is -2.09. The minimum absolute atomic E-state index is 0.105. The number of hydrogen-bond acceptors (Lipinski definition) is 2. The maximum absolute atomic E-state index is 11.9. The van der Waals surface area contributed by atoms with E-state index >= 15 is 0 Å². The van der Waals surface area contributed by atoms with Gasteiger partial charge < -0.3 is 5.32 Å². The van der Waals surface area contributed by atoms with Crippen LogP contribution in [0.4, 0.5) is 5.69 Å². The number of carbonyl (C=O) groups excluding carboxylic acids is 1. The molecule has 0 aliphatic rings. The van der Waals surface area contributed by atoms with E-state index in [0.29, 0.717) is 6.54 Å². The summed E-state index contributed by atoms with van der Waals surface area (Å²) in [6.07, 6.45) is 0. The predicted octanol–water partition coefficient (Wildman–Crippen LogP) is 3.29. The number of para-hydroxylation sites is 1. The van der Waals surface area contributed by atoms with E-state index < -0.39 is 0 Å². The largest absolute Gasteiger partial charge is 0.377 e. The van der Waals surface area contributed by atoms with Gasteiger partial charge in [0, 0.05) is 11.3 Å². The summed E-state index contributed by atoms with van der Waals surface area (Å²) in [6.45, 7) is 2.35. The van der Waals surface area contributed by atoms with Gasteiger partial charge in [0.25, 0.3) is 0 Å². The Kier molecular flexibility index (Phi) is 3.55. The molecule has 1 N–H and O–H groups in total. The Balaban J connectivity index is 2.00. The Bertz CT molecular complexity index is 505. The molecular formula is C15H15NO. The lowest BCUT2D eigenvalue weighted by atomic mass is 10.1. The summed E-state index contributed by atoms with van der Waals surface area (Å²) in [4.78, 5) is 11.9. The van der Waals surface area contributed by atoms with Crippen LogP contribution in [0.2, 0.25) is 0 Å². The van der Waals surface area contributed by atoms with Gasteiger partial charge in [-0.1, -0.05) is 48.5 Å². The van der Waals surface area contributed by atoms with Crippen molar-refractivity contribution in [1.29, 1.82) is 0 Å². The summed E-state index contributed by atoms with van der Waals surface area (Å²) < 4.78 is 0. The van der Waals surface area contributed by atoms with Crippen molar-refractivity contribution >= 4 is 11.5 Å². The second-order valence-electron chi connectivity index (χ2n) is 3.96. The second-order valence-corrected chi connectivity index (χ2v) is 3.96. The van der Waals surface area contributed by atoms with Crippen molar-refractivity contribution in [2.24, 2.45) is 0 Å². The van der Waals surface area contributed by atoms with Gasteiger partial charge in [-0.05, 0) is 18.6 Å². The fourth-order valence-electron chi connectivity index (χ4n) is 1.67. The summed E-state index contributed by atoms with van der Waals surface area (Å²) in [5.74, 6) is 0.105. The maximum atomic E-state index is 11.9. The van der Waals surface area contributed by atoms with Crippen molar-refractivity contribution in [2.75, 3.05) is 11.9 Å². The SMILES string of the molecule is Cc1ccccc1NCC(=O)c1ccccc1. The van der Waals surface area contributed by atoms with Gasteiger partial charge in [0.05, 0.1) is 6.54 Å². The maximum Gasteiger partial charge on any atom is 0.181 e. The molecule has 0 aliphatic heterocycles. The molecule has 0 bridgehead atoms. The molecule has 0 amide bonds. The van der Waals surface area contributed by atoms with Crippen molar-refractivity contribution < 1.29 is 4.79 Å². The van der Waals surface area contributed by atoms with Crippen LogP contribution in [0.1, 0.15) is 15.9 Å². The molecule has 0 unspecified atom stereocenters. The van der Waals surface area contributed by atoms with Crippen LogP contribution in [0.15, 0.2) is 54.6 Å². The van der Waals surface area contributed by atoms with Crippen LogP contribution < -0.4 is 5.32 Å². The van der Waals surface area contributed by atoms with Crippen LogP contribution in [-0.2, 0) is 0 Å². The van der Waals surface area contributed by atoms with Crippen molar-refractivity contribution in [3.8, 4) is 0 Å². The van der Waals surface area contributed by atoms with Gasteiger partial charge in [-0.25, -0.2) is 0 Å². The summed E-state index contributed by atoms with van der Waals surface area (Å²) in [5.41, 5.74) is 2.90. The van der Waals surface area contributed by atoms with Gasteiger partial charge in [-0.2, -0.15) is 0 Å². The van der Waals surface area contributed by atoms with E-state index in [4.69, 9.17) is 0 Å². The van der Waals surface area contributed by atoms with Crippen LogP contribution >= 0.6 is 0 Å². The van der Waals surface area contributed by atoms with Gasteiger partial charge >= 0.3 is 0 Å². The van der Waals surface area contributed by atoms with E-state index in [2.05, 4.69) is 5.32 Å². The summed E-state index contributed by atoms with van der Waals surface area (Å²) in [5, 5.41) is 3.16. The molecule has 0 saturated heterocycles.